The minimum atomic E-state index is -0.688. The van der Waals surface area contributed by atoms with E-state index in [-0.39, 0.29) is 5.56 Å². The number of carbonyl (C=O) groups excluding carboxylic acids is 1. The van der Waals surface area contributed by atoms with Crippen molar-refractivity contribution in [3.8, 4) is 5.69 Å². The van der Waals surface area contributed by atoms with Gasteiger partial charge in [-0.3, -0.25) is 14.2 Å². The SMILES string of the molecule is O=C(c1ccccc1)n1c(=O)c(C2=CSC(=C3SC4=C(SCCS4)S3)S2)cn(-c2ccccc2)c1=O. The Bertz CT molecular complexity index is 1570. The Balaban J connectivity index is 1.43. The number of hydrogen-bond donors (Lipinski definition) is 0. The van der Waals surface area contributed by atoms with E-state index in [4.69, 9.17) is 0 Å². The van der Waals surface area contributed by atoms with Gasteiger partial charge in [-0.1, -0.05) is 83.4 Å². The Morgan fingerprint density at radius 2 is 1.39 bits per heavy atom. The van der Waals surface area contributed by atoms with Crippen LogP contribution in [0.3, 0.4) is 0 Å². The van der Waals surface area contributed by atoms with E-state index in [1.54, 1.807) is 83.9 Å². The molecule has 6 rings (SSSR count). The van der Waals surface area contributed by atoms with Gasteiger partial charge >= 0.3 is 5.69 Å². The number of rotatable bonds is 3. The quantitative estimate of drug-likeness (QED) is 0.335. The molecule has 4 heterocycles. The zero-order chi connectivity index (χ0) is 24.6. The van der Waals surface area contributed by atoms with E-state index in [1.807, 2.05) is 47.1 Å². The van der Waals surface area contributed by atoms with Crippen LogP contribution in [0.25, 0.3) is 10.6 Å². The van der Waals surface area contributed by atoms with Gasteiger partial charge in [0.05, 0.1) is 28.2 Å². The van der Waals surface area contributed by atoms with E-state index >= 15 is 0 Å². The number of aromatic nitrogens is 2. The summed E-state index contributed by atoms with van der Waals surface area (Å²) in [5, 5.41) is 1.94. The molecule has 0 aliphatic carbocycles. The Hall–Kier alpha value is -1.89. The Labute approximate surface area is 232 Å². The normalized spacial score (nSPS) is 17.4. The molecule has 0 N–H and O–H groups in total. The molecule has 3 aliphatic rings. The maximum Gasteiger partial charge on any atom is 0.342 e. The minimum Gasteiger partial charge on any atom is -0.268 e. The predicted octanol–water partition coefficient (Wildman–Crippen LogP) is 6.68. The fraction of sp³-hybridized carbons (Fsp3) is 0.0800. The van der Waals surface area contributed by atoms with Gasteiger partial charge < -0.3 is 0 Å². The van der Waals surface area contributed by atoms with E-state index in [9.17, 15) is 14.4 Å². The molecule has 1 aromatic heterocycles. The number of benzene rings is 2. The van der Waals surface area contributed by atoms with Crippen molar-refractivity contribution in [1.82, 2.24) is 9.13 Å². The summed E-state index contributed by atoms with van der Waals surface area (Å²) in [7, 11) is 0. The molecule has 0 bridgehead atoms. The van der Waals surface area contributed by atoms with E-state index < -0.39 is 17.2 Å². The van der Waals surface area contributed by atoms with Crippen LogP contribution in [0.2, 0.25) is 0 Å². The van der Waals surface area contributed by atoms with Crippen molar-refractivity contribution in [2.24, 2.45) is 0 Å². The predicted molar refractivity (Wildman–Crippen MR) is 160 cm³/mol. The average molecular weight is 585 g/mol. The molecule has 2 aromatic carbocycles. The maximum absolute atomic E-state index is 13.6. The standard InChI is InChI=1S/C25H16N2O3S6/c28-19(15-7-3-1-4-8-15)27-20(29)17(13-26(25(27)30)16-9-5-2-6-10-16)18-14-33-23(34-18)24-35-21-22(36-24)32-12-11-31-21/h1-10,13-14H,11-12H2. The van der Waals surface area contributed by atoms with Crippen molar-refractivity contribution in [3.63, 3.8) is 0 Å². The zero-order valence-electron chi connectivity index (χ0n) is 18.4. The Kier molecular flexibility index (Phi) is 7.11. The third-order valence-electron chi connectivity index (χ3n) is 5.34. The van der Waals surface area contributed by atoms with E-state index in [0.29, 0.717) is 11.3 Å². The van der Waals surface area contributed by atoms with Crippen molar-refractivity contribution in [2.75, 3.05) is 11.5 Å². The van der Waals surface area contributed by atoms with Crippen molar-refractivity contribution >= 4 is 81.4 Å². The van der Waals surface area contributed by atoms with E-state index in [0.717, 1.165) is 25.2 Å². The summed E-state index contributed by atoms with van der Waals surface area (Å²) in [6, 6.07) is 17.5. The third-order valence-corrected chi connectivity index (χ3v) is 14.1. The summed E-state index contributed by atoms with van der Waals surface area (Å²) < 4.78 is 7.19. The molecule has 0 spiro atoms. The summed E-state index contributed by atoms with van der Waals surface area (Å²) >= 11 is 10.5. The Morgan fingerprint density at radius 3 is 2.06 bits per heavy atom. The van der Waals surface area contributed by atoms with Crippen molar-refractivity contribution in [2.45, 2.75) is 0 Å². The van der Waals surface area contributed by atoms with Crippen molar-refractivity contribution in [3.05, 3.63) is 121 Å². The highest BCUT2D eigenvalue weighted by Crippen LogP contribution is 2.64. The van der Waals surface area contributed by atoms with Crippen LogP contribution in [0.1, 0.15) is 15.9 Å². The van der Waals surface area contributed by atoms with Crippen LogP contribution < -0.4 is 11.2 Å². The topological polar surface area (TPSA) is 61.1 Å². The molecule has 11 heteroatoms. The monoisotopic (exact) mass is 584 g/mol. The number of thioether (sulfide) groups is 6. The number of carbonyl (C=O) groups is 1. The second-order valence-electron chi connectivity index (χ2n) is 7.60. The summed E-state index contributed by atoms with van der Waals surface area (Å²) in [6.07, 6.45) is 1.56. The van der Waals surface area contributed by atoms with Crippen LogP contribution >= 0.6 is 70.6 Å². The first-order chi connectivity index (χ1) is 17.6. The molecular weight excluding hydrogens is 569 g/mol. The van der Waals surface area contributed by atoms with Crippen molar-refractivity contribution < 1.29 is 4.79 Å². The van der Waals surface area contributed by atoms with Gasteiger partial charge in [0, 0.05) is 28.2 Å². The van der Waals surface area contributed by atoms with Gasteiger partial charge in [-0.15, -0.1) is 23.5 Å². The van der Waals surface area contributed by atoms with Crippen LogP contribution in [0, 0.1) is 0 Å². The molecule has 180 valence electrons. The highest BCUT2D eigenvalue weighted by molar-refractivity contribution is 8.43. The second kappa shape index (κ2) is 10.5. The minimum absolute atomic E-state index is 0.282. The highest BCUT2D eigenvalue weighted by atomic mass is 32.3. The van der Waals surface area contributed by atoms with Gasteiger partial charge in [-0.25, -0.2) is 4.79 Å². The highest BCUT2D eigenvalue weighted by Gasteiger charge is 2.31. The molecule has 0 fully saturated rings. The van der Waals surface area contributed by atoms with E-state index in [2.05, 4.69) is 0 Å². The summed E-state index contributed by atoms with van der Waals surface area (Å²) in [6.45, 7) is 0. The lowest BCUT2D eigenvalue weighted by Gasteiger charge is -2.13. The first kappa shape index (κ1) is 24.4. The van der Waals surface area contributed by atoms with Crippen LogP contribution in [0.5, 0.6) is 0 Å². The molecular formula is C25H16N2O3S6. The fourth-order valence-electron chi connectivity index (χ4n) is 3.65. The molecule has 0 atom stereocenters. The van der Waals surface area contributed by atoms with Crippen LogP contribution in [-0.4, -0.2) is 26.5 Å². The van der Waals surface area contributed by atoms with E-state index in [1.165, 1.54) is 29.0 Å². The lowest BCUT2D eigenvalue weighted by atomic mass is 10.2. The average Bonchev–Trinajstić information content (AvgIpc) is 3.57. The number of hydrogen-bond acceptors (Lipinski definition) is 9. The van der Waals surface area contributed by atoms with Crippen molar-refractivity contribution in [1.29, 1.82) is 0 Å². The largest absolute Gasteiger partial charge is 0.342 e. The van der Waals surface area contributed by atoms with Gasteiger partial charge in [-0.2, -0.15) is 4.57 Å². The third kappa shape index (κ3) is 4.61. The van der Waals surface area contributed by atoms with Gasteiger partial charge in [0.1, 0.15) is 0 Å². The zero-order valence-corrected chi connectivity index (χ0v) is 23.3. The number of nitrogens with zero attached hydrogens (tertiary/aromatic N) is 2. The summed E-state index contributed by atoms with van der Waals surface area (Å²) in [5.41, 5.74) is -0.108. The van der Waals surface area contributed by atoms with Gasteiger partial charge in [0.25, 0.3) is 11.5 Å². The molecule has 0 radical (unpaired) electrons. The molecule has 3 aromatic rings. The lowest BCUT2D eigenvalue weighted by Crippen LogP contribution is -2.44. The Morgan fingerprint density at radius 1 is 0.750 bits per heavy atom. The summed E-state index contributed by atoms with van der Waals surface area (Å²) in [5.74, 6) is 1.61. The lowest BCUT2D eigenvalue weighted by molar-refractivity contribution is 0.0949. The molecule has 5 nitrogen and oxygen atoms in total. The smallest absolute Gasteiger partial charge is 0.268 e. The van der Waals surface area contributed by atoms with Gasteiger partial charge in [0.2, 0.25) is 0 Å². The molecule has 0 saturated carbocycles. The van der Waals surface area contributed by atoms with Gasteiger partial charge in [0.15, 0.2) is 0 Å². The number of para-hydroxylation sites is 1. The fourth-order valence-corrected chi connectivity index (χ4v) is 12.2. The first-order valence-corrected chi connectivity index (χ1v) is 16.1. The van der Waals surface area contributed by atoms with Crippen LogP contribution in [0.4, 0.5) is 0 Å². The first-order valence-electron chi connectivity index (χ1n) is 10.8. The summed E-state index contributed by atoms with van der Waals surface area (Å²) in [4.78, 5) is 41.2. The second-order valence-corrected chi connectivity index (χ2v) is 14.8. The maximum atomic E-state index is 13.6. The van der Waals surface area contributed by atoms with Crippen LogP contribution in [0.15, 0.2) is 98.8 Å². The molecule has 3 aliphatic heterocycles. The molecule has 36 heavy (non-hydrogen) atoms. The molecule has 0 saturated heterocycles. The molecule has 0 unspecified atom stereocenters. The van der Waals surface area contributed by atoms with Crippen LogP contribution in [-0.2, 0) is 0 Å². The molecule has 0 amide bonds. The van der Waals surface area contributed by atoms with Gasteiger partial charge in [-0.05, 0) is 29.7 Å².